The van der Waals surface area contributed by atoms with Crippen molar-refractivity contribution in [3.8, 4) is 12.3 Å². The van der Waals surface area contributed by atoms with Gasteiger partial charge in [0.2, 0.25) is 11.5 Å². The van der Waals surface area contributed by atoms with Crippen molar-refractivity contribution in [1.29, 1.82) is 0 Å². The van der Waals surface area contributed by atoms with Crippen molar-refractivity contribution in [2.24, 2.45) is 0 Å². The van der Waals surface area contributed by atoms with Gasteiger partial charge in [0.1, 0.15) is 12.8 Å². The zero-order chi connectivity index (χ0) is 29.1. The number of imidazole rings is 1. The molecule has 1 saturated heterocycles. The van der Waals surface area contributed by atoms with E-state index in [0.29, 0.717) is 19.3 Å². The van der Waals surface area contributed by atoms with Gasteiger partial charge in [0, 0.05) is 12.8 Å². The Hall–Kier alpha value is -3.99. The van der Waals surface area contributed by atoms with E-state index >= 15 is 0 Å². The van der Waals surface area contributed by atoms with Crippen molar-refractivity contribution in [3.63, 3.8) is 0 Å². The van der Waals surface area contributed by atoms with Crippen LogP contribution in [0, 0.1) is 18.4 Å². The van der Waals surface area contributed by atoms with Gasteiger partial charge in [-0.3, -0.25) is 9.36 Å². The first-order valence-corrected chi connectivity index (χ1v) is 13.2. The summed E-state index contributed by atoms with van der Waals surface area (Å²) in [6, 6.07) is 0. The minimum Gasteiger partial charge on any atom is -0.434 e. The van der Waals surface area contributed by atoms with Crippen LogP contribution < -0.4 is 5.32 Å². The van der Waals surface area contributed by atoms with Crippen molar-refractivity contribution in [1.82, 2.24) is 19.5 Å². The van der Waals surface area contributed by atoms with E-state index in [9.17, 15) is 18.8 Å². The van der Waals surface area contributed by atoms with Crippen LogP contribution in [0.3, 0.4) is 0 Å². The SMILES string of the molecule is C#C[C@]1(COC(=O)OCCC)O[C@@H](n2cnc3c(NC(=O)CCCCC)nc(F)nc32)C[C@@H]1OC(=O)OCCC. The molecule has 0 spiro atoms. The van der Waals surface area contributed by atoms with Crippen LogP contribution >= 0.6 is 0 Å². The number of ether oxygens (including phenoxy) is 5. The predicted molar refractivity (Wildman–Crippen MR) is 138 cm³/mol. The summed E-state index contributed by atoms with van der Waals surface area (Å²) >= 11 is 0. The van der Waals surface area contributed by atoms with Crippen LogP contribution in [-0.4, -0.2) is 69.3 Å². The number of carbonyl (C=O) groups is 3. The molecule has 0 unspecified atom stereocenters. The fraction of sp³-hybridized carbons (Fsp3) is 0.615. The third-order valence-corrected chi connectivity index (χ3v) is 5.99. The van der Waals surface area contributed by atoms with Crippen LogP contribution in [0.4, 0.5) is 19.8 Å². The summed E-state index contributed by atoms with van der Waals surface area (Å²) in [6.07, 6.45) is 5.77. The van der Waals surface area contributed by atoms with Gasteiger partial charge in [-0.15, -0.1) is 6.42 Å². The zero-order valence-corrected chi connectivity index (χ0v) is 22.8. The molecule has 14 heteroatoms. The predicted octanol–water partition coefficient (Wildman–Crippen LogP) is 4.27. The molecule has 218 valence electrons. The number of rotatable bonds is 13. The molecular formula is C26H34FN5O8. The standard InChI is InChI=1S/C26H34FN5O8/c1-5-9-10-11-18(33)29-21-20-22(31-23(27)30-21)32(16-28-20)19-14-17(39-25(35)37-13-7-3)26(8-4,40-19)15-38-24(34)36-12-6-2/h4,16-17,19H,5-7,9-15H2,1-3H3,(H,29,30,31,33)/t17-,19+,26+/m0/s1. The van der Waals surface area contributed by atoms with E-state index in [-0.39, 0.29) is 48.9 Å². The third kappa shape index (κ3) is 7.56. The topological polar surface area (TPSA) is 153 Å². The monoisotopic (exact) mass is 563 g/mol. The Kier molecular flexibility index (Phi) is 11.0. The number of hydrogen-bond acceptors (Lipinski definition) is 11. The summed E-state index contributed by atoms with van der Waals surface area (Å²) in [6.45, 7) is 5.39. The van der Waals surface area contributed by atoms with Gasteiger partial charge < -0.3 is 29.0 Å². The summed E-state index contributed by atoms with van der Waals surface area (Å²) in [4.78, 5) is 48.4. The molecule has 1 fully saturated rings. The molecule has 1 N–H and O–H groups in total. The highest BCUT2D eigenvalue weighted by Gasteiger charge is 2.53. The van der Waals surface area contributed by atoms with Gasteiger partial charge in [-0.25, -0.2) is 14.6 Å². The Morgan fingerprint density at radius 1 is 1.12 bits per heavy atom. The number of fused-ring (bicyclic) bond motifs is 1. The number of carbonyl (C=O) groups excluding carboxylic acids is 3. The summed E-state index contributed by atoms with van der Waals surface area (Å²) in [5.41, 5.74) is -1.62. The minimum absolute atomic E-state index is 0.00441. The summed E-state index contributed by atoms with van der Waals surface area (Å²) in [7, 11) is 0. The zero-order valence-electron chi connectivity index (χ0n) is 22.8. The van der Waals surface area contributed by atoms with E-state index in [1.807, 2.05) is 20.8 Å². The first-order chi connectivity index (χ1) is 19.3. The first kappa shape index (κ1) is 30.6. The maximum atomic E-state index is 14.5. The molecule has 1 amide bonds. The van der Waals surface area contributed by atoms with E-state index < -0.39 is 42.9 Å². The van der Waals surface area contributed by atoms with Gasteiger partial charge in [0.05, 0.1) is 19.5 Å². The van der Waals surface area contributed by atoms with Gasteiger partial charge >= 0.3 is 18.4 Å². The Morgan fingerprint density at radius 3 is 2.52 bits per heavy atom. The molecule has 2 aromatic rings. The fourth-order valence-corrected chi connectivity index (χ4v) is 4.00. The number of terminal acetylenes is 1. The van der Waals surface area contributed by atoms with Gasteiger partial charge in [-0.1, -0.05) is 39.5 Å². The van der Waals surface area contributed by atoms with Gasteiger partial charge in [0.25, 0.3) is 0 Å². The maximum Gasteiger partial charge on any atom is 0.508 e. The lowest BCUT2D eigenvalue weighted by atomic mass is 9.98. The molecule has 0 aliphatic carbocycles. The lowest BCUT2D eigenvalue weighted by Crippen LogP contribution is -2.45. The number of nitrogens with zero attached hydrogens (tertiary/aromatic N) is 4. The van der Waals surface area contributed by atoms with E-state index in [1.165, 1.54) is 10.9 Å². The van der Waals surface area contributed by atoms with Gasteiger partial charge in [0.15, 0.2) is 23.1 Å². The molecular weight excluding hydrogens is 529 g/mol. The second kappa shape index (κ2) is 14.4. The summed E-state index contributed by atoms with van der Waals surface area (Å²) < 4.78 is 42.5. The number of nitrogens with one attached hydrogen (secondary N) is 1. The molecule has 0 aromatic carbocycles. The molecule has 3 atom stereocenters. The van der Waals surface area contributed by atoms with E-state index in [2.05, 4.69) is 26.2 Å². The molecule has 3 heterocycles. The maximum absolute atomic E-state index is 14.5. The Labute approximate surface area is 231 Å². The lowest BCUT2D eigenvalue weighted by Gasteiger charge is -2.28. The molecule has 0 radical (unpaired) electrons. The number of amides is 1. The molecule has 1 aliphatic heterocycles. The molecule has 40 heavy (non-hydrogen) atoms. The van der Waals surface area contributed by atoms with Crippen molar-refractivity contribution in [3.05, 3.63) is 12.4 Å². The Morgan fingerprint density at radius 2 is 1.85 bits per heavy atom. The average molecular weight is 564 g/mol. The summed E-state index contributed by atoms with van der Waals surface area (Å²) in [5, 5.41) is 2.58. The van der Waals surface area contributed by atoms with Crippen LogP contribution in [0.5, 0.6) is 0 Å². The second-order valence-electron chi connectivity index (χ2n) is 9.10. The highest BCUT2D eigenvalue weighted by Crippen LogP contribution is 2.40. The van der Waals surface area contributed by atoms with E-state index in [0.717, 1.165) is 12.8 Å². The highest BCUT2D eigenvalue weighted by molar-refractivity contribution is 5.96. The number of anilines is 1. The van der Waals surface area contributed by atoms with Crippen LogP contribution in [0.25, 0.3) is 11.2 Å². The van der Waals surface area contributed by atoms with Crippen LogP contribution in [0.1, 0.15) is 71.9 Å². The normalized spacial score (nSPS) is 20.1. The van der Waals surface area contributed by atoms with Crippen LogP contribution in [-0.2, 0) is 28.5 Å². The molecule has 1 aliphatic rings. The number of hydrogen-bond donors (Lipinski definition) is 1. The minimum atomic E-state index is -1.74. The van der Waals surface area contributed by atoms with E-state index in [1.54, 1.807) is 0 Å². The largest absolute Gasteiger partial charge is 0.508 e. The van der Waals surface area contributed by atoms with Crippen LogP contribution in [0.15, 0.2) is 6.33 Å². The number of halogens is 1. The number of aromatic nitrogens is 4. The molecule has 0 saturated carbocycles. The molecule has 2 aromatic heterocycles. The van der Waals surface area contributed by atoms with Crippen molar-refractivity contribution >= 4 is 35.2 Å². The lowest BCUT2D eigenvalue weighted by molar-refractivity contribution is -0.116. The second-order valence-corrected chi connectivity index (χ2v) is 9.10. The van der Waals surface area contributed by atoms with E-state index in [4.69, 9.17) is 30.1 Å². The highest BCUT2D eigenvalue weighted by atomic mass is 19.1. The van der Waals surface area contributed by atoms with Gasteiger partial charge in [-0.2, -0.15) is 14.4 Å². The summed E-state index contributed by atoms with van der Waals surface area (Å²) in [5.74, 6) is 2.00. The van der Waals surface area contributed by atoms with Crippen molar-refractivity contribution < 1.29 is 42.5 Å². The smallest absolute Gasteiger partial charge is 0.434 e. The fourth-order valence-electron chi connectivity index (χ4n) is 4.00. The quantitative estimate of drug-likeness (QED) is 0.161. The average Bonchev–Trinajstić information content (AvgIpc) is 3.51. The Balaban J connectivity index is 1.88. The molecule has 13 nitrogen and oxygen atoms in total. The van der Waals surface area contributed by atoms with Gasteiger partial charge in [-0.05, 0) is 19.3 Å². The first-order valence-electron chi connectivity index (χ1n) is 13.2. The van der Waals surface area contributed by atoms with Crippen LogP contribution in [0.2, 0.25) is 0 Å². The molecule has 0 bridgehead atoms. The number of unbranched alkanes of at least 4 members (excludes halogenated alkanes) is 2. The Bertz CT molecular complexity index is 1230. The third-order valence-electron chi connectivity index (χ3n) is 5.99. The van der Waals surface area contributed by atoms with Crippen molar-refractivity contribution in [2.75, 3.05) is 25.1 Å². The van der Waals surface area contributed by atoms with Crippen molar-refractivity contribution in [2.45, 2.75) is 83.6 Å². The molecule has 3 rings (SSSR count).